The minimum Gasteiger partial charge on any atom is -0.507 e. The van der Waals surface area contributed by atoms with E-state index in [4.69, 9.17) is 23.2 Å². The predicted molar refractivity (Wildman–Crippen MR) is 86.0 cm³/mol. The number of halogens is 2. The smallest absolute Gasteiger partial charge is 0.275 e. The average molecular weight is 339 g/mol. The number of rotatable bonds is 3. The Morgan fingerprint density at radius 1 is 1.23 bits per heavy atom. The van der Waals surface area contributed by atoms with Crippen LogP contribution in [0.15, 0.2) is 35.4 Å². The van der Waals surface area contributed by atoms with Crippen molar-refractivity contribution in [2.45, 2.75) is 6.92 Å². The van der Waals surface area contributed by atoms with Gasteiger partial charge in [-0.3, -0.25) is 4.79 Å². The van der Waals surface area contributed by atoms with Crippen molar-refractivity contribution in [3.8, 4) is 11.5 Å². The number of hydrogen-bond donors (Lipinski definition) is 3. The maximum Gasteiger partial charge on any atom is 0.275 e. The summed E-state index contributed by atoms with van der Waals surface area (Å²) in [5.74, 6) is -0.941. The zero-order valence-electron chi connectivity index (χ0n) is 11.5. The van der Waals surface area contributed by atoms with Gasteiger partial charge in [0.1, 0.15) is 16.5 Å². The molecule has 5 nitrogen and oxygen atoms in total. The number of nitrogens with one attached hydrogen (secondary N) is 1. The van der Waals surface area contributed by atoms with Crippen molar-refractivity contribution in [3.05, 3.63) is 57.1 Å². The summed E-state index contributed by atoms with van der Waals surface area (Å²) < 4.78 is 0. The van der Waals surface area contributed by atoms with Crippen LogP contribution in [0.2, 0.25) is 10.0 Å². The molecule has 22 heavy (non-hydrogen) atoms. The van der Waals surface area contributed by atoms with E-state index in [0.29, 0.717) is 5.56 Å². The Kier molecular flexibility index (Phi) is 4.90. The van der Waals surface area contributed by atoms with Gasteiger partial charge in [0.2, 0.25) is 0 Å². The number of phenolic OH excluding ortho intramolecular Hbond substituents is 2. The predicted octanol–water partition coefficient (Wildman–Crippen LogP) is 3.48. The van der Waals surface area contributed by atoms with Crippen molar-refractivity contribution < 1.29 is 15.0 Å². The van der Waals surface area contributed by atoms with Crippen molar-refractivity contribution in [1.29, 1.82) is 0 Å². The zero-order valence-corrected chi connectivity index (χ0v) is 13.0. The first-order chi connectivity index (χ1) is 10.4. The van der Waals surface area contributed by atoms with Crippen LogP contribution in [0, 0.1) is 6.92 Å². The third kappa shape index (κ3) is 3.50. The van der Waals surface area contributed by atoms with Gasteiger partial charge in [-0.15, -0.1) is 0 Å². The largest absolute Gasteiger partial charge is 0.507 e. The normalized spacial score (nSPS) is 10.9. The first kappa shape index (κ1) is 16.1. The van der Waals surface area contributed by atoms with Gasteiger partial charge in [-0.2, -0.15) is 5.10 Å². The van der Waals surface area contributed by atoms with E-state index in [-0.39, 0.29) is 27.1 Å². The fourth-order valence-electron chi connectivity index (χ4n) is 1.71. The lowest BCUT2D eigenvalue weighted by Gasteiger charge is -2.05. The molecule has 3 N–H and O–H groups in total. The molecule has 0 spiro atoms. The van der Waals surface area contributed by atoms with E-state index in [1.807, 2.05) is 0 Å². The van der Waals surface area contributed by atoms with Gasteiger partial charge in [0.25, 0.3) is 5.91 Å². The van der Waals surface area contributed by atoms with Crippen LogP contribution in [0.3, 0.4) is 0 Å². The summed E-state index contributed by atoms with van der Waals surface area (Å²) in [6.45, 7) is 1.80. The van der Waals surface area contributed by atoms with Gasteiger partial charge in [0.05, 0.1) is 16.8 Å². The number of nitrogens with zero attached hydrogens (tertiary/aromatic N) is 1. The van der Waals surface area contributed by atoms with Gasteiger partial charge in [-0.05, 0) is 36.8 Å². The average Bonchev–Trinajstić information content (AvgIpc) is 2.47. The lowest BCUT2D eigenvalue weighted by Crippen LogP contribution is -2.17. The van der Waals surface area contributed by atoms with Crippen molar-refractivity contribution in [2.75, 3.05) is 0 Å². The highest BCUT2D eigenvalue weighted by molar-refractivity contribution is 6.43. The maximum atomic E-state index is 11.9. The molecule has 0 aromatic heterocycles. The molecule has 2 aromatic rings. The Labute approximate surface area is 136 Å². The highest BCUT2D eigenvalue weighted by Crippen LogP contribution is 2.33. The zero-order chi connectivity index (χ0) is 16.3. The second-order valence-electron chi connectivity index (χ2n) is 4.52. The van der Waals surface area contributed by atoms with Gasteiger partial charge >= 0.3 is 0 Å². The van der Waals surface area contributed by atoms with Crippen LogP contribution < -0.4 is 5.43 Å². The molecular formula is C15H12Cl2N2O3. The molecule has 0 aliphatic rings. The number of carbonyl (C=O) groups is 1. The van der Waals surface area contributed by atoms with Crippen molar-refractivity contribution in [1.82, 2.24) is 5.43 Å². The molecule has 0 fully saturated rings. The van der Waals surface area contributed by atoms with Crippen LogP contribution >= 0.6 is 23.2 Å². The molecule has 2 aromatic carbocycles. The molecule has 0 unspecified atom stereocenters. The first-order valence-corrected chi connectivity index (χ1v) is 6.95. The quantitative estimate of drug-likeness (QED) is 0.591. The molecule has 7 heteroatoms. The van der Waals surface area contributed by atoms with E-state index in [2.05, 4.69) is 10.5 Å². The second-order valence-corrected chi connectivity index (χ2v) is 5.30. The molecule has 0 aliphatic heterocycles. The summed E-state index contributed by atoms with van der Waals surface area (Å²) in [6.07, 6.45) is 1.22. The third-order valence-corrected chi connectivity index (χ3v) is 3.66. The van der Waals surface area contributed by atoms with Crippen LogP contribution in [-0.4, -0.2) is 22.3 Å². The number of amides is 1. The van der Waals surface area contributed by atoms with Crippen LogP contribution in [0.1, 0.15) is 21.5 Å². The number of hydrogen-bond acceptors (Lipinski definition) is 4. The number of carbonyl (C=O) groups excluding carboxylic acids is 1. The van der Waals surface area contributed by atoms with E-state index in [1.165, 1.54) is 30.5 Å². The number of hydrazone groups is 1. The molecule has 0 bridgehead atoms. The van der Waals surface area contributed by atoms with Gasteiger partial charge < -0.3 is 10.2 Å². The third-order valence-electron chi connectivity index (χ3n) is 2.87. The molecule has 0 heterocycles. The standard InChI is InChI=1S/C15H12Cl2N2O3/c1-8-2-4-10(12(20)6-8)15(22)19-18-7-9-3-5-11(16)13(17)14(9)21/h2-7,20-21H,1H3,(H,19,22). The van der Waals surface area contributed by atoms with E-state index >= 15 is 0 Å². The maximum absolute atomic E-state index is 11.9. The fraction of sp³-hybridized carbons (Fsp3) is 0.0667. The van der Waals surface area contributed by atoms with E-state index in [0.717, 1.165) is 5.56 Å². The number of aryl methyl sites for hydroxylation is 1. The van der Waals surface area contributed by atoms with Crippen LogP contribution in [0.25, 0.3) is 0 Å². The molecule has 0 saturated heterocycles. The minimum absolute atomic E-state index is 0.00752. The summed E-state index contributed by atoms with van der Waals surface area (Å²) in [5.41, 5.74) is 3.48. The summed E-state index contributed by atoms with van der Waals surface area (Å²) in [6, 6.07) is 7.67. The number of phenols is 2. The van der Waals surface area contributed by atoms with Crippen LogP contribution in [-0.2, 0) is 0 Å². The molecule has 0 aliphatic carbocycles. The molecular weight excluding hydrogens is 327 g/mol. The number of aromatic hydroxyl groups is 2. The van der Waals surface area contributed by atoms with E-state index < -0.39 is 5.91 Å². The Morgan fingerprint density at radius 3 is 2.64 bits per heavy atom. The molecule has 0 atom stereocenters. The fourth-order valence-corrected chi connectivity index (χ4v) is 2.04. The molecule has 0 saturated carbocycles. The Hall–Kier alpha value is -2.24. The highest BCUT2D eigenvalue weighted by Gasteiger charge is 2.11. The second kappa shape index (κ2) is 6.68. The van der Waals surface area contributed by atoms with Gasteiger partial charge in [-0.1, -0.05) is 29.3 Å². The molecule has 1 amide bonds. The van der Waals surface area contributed by atoms with E-state index in [9.17, 15) is 15.0 Å². The SMILES string of the molecule is Cc1ccc(C(=O)NN=Cc2ccc(Cl)c(Cl)c2O)c(O)c1. The Bertz CT molecular complexity index is 761. The lowest BCUT2D eigenvalue weighted by molar-refractivity contribution is 0.0952. The summed E-state index contributed by atoms with van der Waals surface area (Å²) in [7, 11) is 0. The van der Waals surface area contributed by atoms with E-state index in [1.54, 1.807) is 13.0 Å². The van der Waals surface area contributed by atoms with Crippen LogP contribution in [0.5, 0.6) is 11.5 Å². The summed E-state index contributed by atoms with van der Waals surface area (Å²) >= 11 is 11.5. The van der Waals surface area contributed by atoms with Crippen molar-refractivity contribution >= 4 is 35.3 Å². The first-order valence-electron chi connectivity index (χ1n) is 6.20. The van der Waals surface area contributed by atoms with Crippen LogP contribution in [0.4, 0.5) is 0 Å². The molecule has 0 radical (unpaired) electrons. The van der Waals surface area contributed by atoms with Gasteiger partial charge in [0.15, 0.2) is 0 Å². The Morgan fingerprint density at radius 2 is 1.95 bits per heavy atom. The van der Waals surface area contributed by atoms with Crippen molar-refractivity contribution in [3.63, 3.8) is 0 Å². The molecule has 2 rings (SSSR count). The van der Waals surface area contributed by atoms with Gasteiger partial charge in [0, 0.05) is 5.56 Å². The van der Waals surface area contributed by atoms with Gasteiger partial charge in [-0.25, -0.2) is 5.43 Å². The highest BCUT2D eigenvalue weighted by atomic mass is 35.5. The Balaban J connectivity index is 2.12. The molecule has 114 valence electrons. The monoisotopic (exact) mass is 338 g/mol. The number of benzene rings is 2. The minimum atomic E-state index is -0.576. The summed E-state index contributed by atoms with van der Waals surface area (Å²) in [5, 5.41) is 23.4. The topological polar surface area (TPSA) is 81.9 Å². The lowest BCUT2D eigenvalue weighted by atomic mass is 10.1. The van der Waals surface area contributed by atoms with Crippen molar-refractivity contribution in [2.24, 2.45) is 5.10 Å². The summed E-state index contributed by atoms with van der Waals surface area (Å²) in [4.78, 5) is 11.9.